The summed E-state index contributed by atoms with van der Waals surface area (Å²) in [5, 5.41) is 4.88. The Hall–Kier alpha value is -3.59. The number of fused-ring (bicyclic) bond motifs is 1. The molecule has 0 spiro atoms. The van der Waals surface area contributed by atoms with Gasteiger partial charge in [0.15, 0.2) is 5.65 Å². The van der Waals surface area contributed by atoms with E-state index in [1.165, 1.54) is 12.1 Å². The second kappa shape index (κ2) is 8.88. The minimum atomic E-state index is -0.431. The fraction of sp³-hybridized carbons (Fsp3) is 0.346. The van der Waals surface area contributed by atoms with E-state index in [0.29, 0.717) is 17.0 Å². The highest BCUT2D eigenvalue weighted by molar-refractivity contribution is 5.62. The van der Waals surface area contributed by atoms with E-state index in [2.05, 4.69) is 26.7 Å². The molecule has 7 nitrogen and oxygen atoms in total. The molecule has 0 amide bonds. The molecule has 9 heteroatoms. The molecule has 0 bridgehead atoms. The normalized spacial score (nSPS) is 19.1. The van der Waals surface area contributed by atoms with Crippen molar-refractivity contribution in [1.29, 1.82) is 0 Å². The molecule has 0 saturated carbocycles. The SMILES string of the molecule is CN1CCN(c2cccc(-c3cnc4ccc(N5CCCC5c5cc(F)ccc5F)nn34)n2)CC1. The van der Waals surface area contributed by atoms with E-state index in [4.69, 9.17) is 10.1 Å². The maximum Gasteiger partial charge on any atom is 0.154 e. The number of anilines is 2. The van der Waals surface area contributed by atoms with Gasteiger partial charge in [-0.3, -0.25) is 0 Å². The Morgan fingerprint density at radius 3 is 2.63 bits per heavy atom. The van der Waals surface area contributed by atoms with E-state index in [1.807, 2.05) is 30.3 Å². The molecule has 0 N–H and O–H groups in total. The average molecular weight is 476 g/mol. The zero-order valence-electron chi connectivity index (χ0n) is 19.6. The van der Waals surface area contributed by atoms with Crippen molar-refractivity contribution < 1.29 is 8.78 Å². The van der Waals surface area contributed by atoms with E-state index in [9.17, 15) is 8.78 Å². The van der Waals surface area contributed by atoms with Crippen molar-refractivity contribution in [2.75, 3.05) is 49.6 Å². The Morgan fingerprint density at radius 1 is 0.914 bits per heavy atom. The van der Waals surface area contributed by atoms with Crippen LogP contribution in [0.2, 0.25) is 0 Å². The molecule has 1 aromatic carbocycles. The van der Waals surface area contributed by atoms with Crippen LogP contribution < -0.4 is 9.80 Å². The molecule has 180 valence electrons. The first-order valence-corrected chi connectivity index (χ1v) is 12.0. The molecule has 1 atom stereocenters. The summed E-state index contributed by atoms with van der Waals surface area (Å²) in [5.74, 6) is 0.832. The summed E-state index contributed by atoms with van der Waals surface area (Å²) in [7, 11) is 2.14. The molecule has 0 radical (unpaired) electrons. The van der Waals surface area contributed by atoms with Crippen molar-refractivity contribution in [3.8, 4) is 11.4 Å². The van der Waals surface area contributed by atoms with Crippen molar-refractivity contribution in [2.45, 2.75) is 18.9 Å². The lowest BCUT2D eigenvalue weighted by Gasteiger charge is -2.33. The molecule has 5 heterocycles. The van der Waals surface area contributed by atoms with Crippen molar-refractivity contribution in [3.05, 3.63) is 71.9 Å². The zero-order valence-corrected chi connectivity index (χ0v) is 19.6. The fourth-order valence-electron chi connectivity index (χ4n) is 5.10. The summed E-state index contributed by atoms with van der Waals surface area (Å²) in [5.41, 5.74) is 2.68. The van der Waals surface area contributed by atoms with Gasteiger partial charge in [0.25, 0.3) is 0 Å². The molecule has 1 unspecified atom stereocenters. The number of hydrogen-bond donors (Lipinski definition) is 0. The number of pyridine rings is 1. The van der Waals surface area contributed by atoms with Gasteiger partial charge in [0.1, 0.15) is 29.0 Å². The maximum atomic E-state index is 14.6. The van der Waals surface area contributed by atoms with Crippen LogP contribution in [0, 0.1) is 11.6 Å². The van der Waals surface area contributed by atoms with Crippen LogP contribution in [0.15, 0.2) is 54.7 Å². The highest BCUT2D eigenvalue weighted by Gasteiger charge is 2.30. The topological polar surface area (TPSA) is 52.8 Å². The van der Waals surface area contributed by atoms with Gasteiger partial charge >= 0.3 is 0 Å². The lowest BCUT2D eigenvalue weighted by molar-refractivity contribution is 0.312. The third-order valence-electron chi connectivity index (χ3n) is 7.04. The van der Waals surface area contributed by atoms with Gasteiger partial charge in [-0.05, 0) is 62.4 Å². The fourth-order valence-corrected chi connectivity index (χ4v) is 5.10. The Morgan fingerprint density at radius 2 is 1.77 bits per heavy atom. The lowest BCUT2D eigenvalue weighted by Crippen LogP contribution is -2.44. The highest BCUT2D eigenvalue weighted by atomic mass is 19.1. The first-order valence-electron chi connectivity index (χ1n) is 12.0. The predicted octanol–water partition coefficient (Wildman–Crippen LogP) is 4.16. The largest absolute Gasteiger partial charge is 0.354 e. The number of aromatic nitrogens is 4. The number of rotatable bonds is 4. The number of halogens is 2. The van der Waals surface area contributed by atoms with Gasteiger partial charge in [0, 0.05) is 38.3 Å². The van der Waals surface area contributed by atoms with Crippen LogP contribution in [0.4, 0.5) is 20.4 Å². The Kier molecular flexibility index (Phi) is 5.56. The van der Waals surface area contributed by atoms with Crippen LogP contribution in [0.25, 0.3) is 17.0 Å². The zero-order chi connectivity index (χ0) is 23.9. The number of nitrogens with zero attached hydrogens (tertiary/aromatic N) is 7. The van der Waals surface area contributed by atoms with Crippen LogP contribution in [-0.4, -0.2) is 64.3 Å². The maximum absolute atomic E-state index is 14.6. The van der Waals surface area contributed by atoms with Gasteiger partial charge in [0.2, 0.25) is 0 Å². The quantitative estimate of drug-likeness (QED) is 0.442. The van der Waals surface area contributed by atoms with Crippen molar-refractivity contribution in [1.82, 2.24) is 24.5 Å². The molecule has 2 fully saturated rings. The highest BCUT2D eigenvalue weighted by Crippen LogP contribution is 2.37. The van der Waals surface area contributed by atoms with Gasteiger partial charge in [-0.2, -0.15) is 0 Å². The summed E-state index contributed by atoms with van der Waals surface area (Å²) in [4.78, 5) is 16.1. The van der Waals surface area contributed by atoms with Gasteiger partial charge in [0.05, 0.1) is 17.9 Å². The predicted molar refractivity (Wildman–Crippen MR) is 132 cm³/mol. The first kappa shape index (κ1) is 21.9. The number of likely N-dealkylation sites (N-methyl/N-ethyl adjacent to an activating group) is 1. The van der Waals surface area contributed by atoms with Gasteiger partial charge in [-0.1, -0.05) is 6.07 Å². The molecular formula is C26H27F2N7. The second-order valence-electron chi connectivity index (χ2n) is 9.29. The standard InChI is InChI=1S/C26H27F2N7/c1-32-12-14-33(15-13-32)25-6-2-4-21(30-25)23-17-29-24-9-10-26(31-35(23)24)34-11-3-5-22(34)19-16-18(27)7-8-20(19)28/h2,4,6-10,16-17,22H,3,5,11-15H2,1H3. The van der Waals surface area contributed by atoms with E-state index in [0.717, 1.165) is 68.8 Å². The van der Waals surface area contributed by atoms with Crippen LogP contribution in [0.5, 0.6) is 0 Å². The molecule has 3 aromatic heterocycles. The van der Waals surface area contributed by atoms with Crippen molar-refractivity contribution in [3.63, 3.8) is 0 Å². The van der Waals surface area contributed by atoms with E-state index >= 15 is 0 Å². The van der Waals surface area contributed by atoms with Gasteiger partial charge < -0.3 is 14.7 Å². The van der Waals surface area contributed by atoms with Crippen LogP contribution in [-0.2, 0) is 0 Å². The molecule has 35 heavy (non-hydrogen) atoms. The third kappa shape index (κ3) is 4.10. The summed E-state index contributed by atoms with van der Waals surface area (Å²) < 4.78 is 30.3. The molecule has 2 saturated heterocycles. The number of benzene rings is 1. The van der Waals surface area contributed by atoms with E-state index in [1.54, 1.807) is 10.7 Å². The molecule has 0 aliphatic carbocycles. The van der Waals surface area contributed by atoms with E-state index in [-0.39, 0.29) is 6.04 Å². The molecular weight excluding hydrogens is 448 g/mol. The number of hydrogen-bond acceptors (Lipinski definition) is 6. The Labute approximate surface area is 202 Å². The van der Waals surface area contributed by atoms with Crippen molar-refractivity contribution in [2.24, 2.45) is 0 Å². The van der Waals surface area contributed by atoms with Crippen molar-refractivity contribution >= 4 is 17.3 Å². The lowest BCUT2D eigenvalue weighted by atomic mass is 10.0. The van der Waals surface area contributed by atoms with E-state index < -0.39 is 11.6 Å². The molecule has 2 aliphatic rings. The Bertz CT molecular complexity index is 1360. The monoisotopic (exact) mass is 475 g/mol. The second-order valence-corrected chi connectivity index (χ2v) is 9.29. The van der Waals surface area contributed by atoms with Crippen LogP contribution in [0.3, 0.4) is 0 Å². The van der Waals surface area contributed by atoms with Crippen LogP contribution >= 0.6 is 0 Å². The number of piperazine rings is 1. The molecule has 6 rings (SSSR count). The summed E-state index contributed by atoms with van der Waals surface area (Å²) >= 11 is 0. The minimum Gasteiger partial charge on any atom is -0.354 e. The summed E-state index contributed by atoms with van der Waals surface area (Å²) in [6.45, 7) is 4.62. The average Bonchev–Trinajstić information content (AvgIpc) is 3.53. The van der Waals surface area contributed by atoms with Gasteiger partial charge in [-0.25, -0.2) is 23.3 Å². The summed E-state index contributed by atoms with van der Waals surface area (Å²) in [6.07, 6.45) is 3.41. The molecule has 4 aromatic rings. The third-order valence-corrected chi connectivity index (χ3v) is 7.04. The van der Waals surface area contributed by atoms with Gasteiger partial charge in [-0.15, -0.1) is 5.10 Å². The molecule has 2 aliphatic heterocycles. The smallest absolute Gasteiger partial charge is 0.154 e. The summed E-state index contributed by atoms with van der Waals surface area (Å²) in [6, 6.07) is 13.2. The minimum absolute atomic E-state index is 0.263. The van der Waals surface area contributed by atoms with Crippen LogP contribution in [0.1, 0.15) is 24.4 Å². The number of imidazole rings is 1. The first-order chi connectivity index (χ1) is 17.1. The Balaban J connectivity index is 1.34.